The average molecular weight is 239 g/mol. The smallest absolute Gasteiger partial charge is 0.324 e. The van der Waals surface area contributed by atoms with Gasteiger partial charge in [-0.2, -0.15) is 0 Å². The van der Waals surface area contributed by atoms with E-state index in [0.29, 0.717) is 0 Å². The van der Waals surface area contributed by atoms with Crippen LogP contribution in [0.2, 0.25) is 0 Å². The standard InChI is InChI=1S/C7H13NO6S/c1-13-6(9)4-5(7(10)14-2)8-15(3,11)12/h5,8H,4H2,1-3H3. The Balaban J connectivity index is 4.60. The van der Waals surface area contributed by atoms with Crippen molar-refractivity contribution < 1.29 is 27.5 Å². The fourth-order valence-corrected chi connectivity index (χ4v) is 1.52. The number of sulfonamides is 1. The van der Waals surface area contributed by atoms with Gasteiger partial charge in [0.25, 0.3) is 0 Å². The summed E-state index contributed by atoms with van der Waals surface area (Å²) in [6, 6.07) is -1.25. The van der Waals surface area contributed by atoms with Crippen molar-refractivity contribution in [2.75, 3.05) is 20.5 Å². The summed E-state index contributed by atoms with van der Waals surface area (Å²) in [6.45, 7) is 0. The molecule has 0 heterocycles. The monoisotopic (exact) mass is 239 g/mol. The number of hydrogen-bond acceptors (Lipinski definition) is 6. The number of esters is 2. The van der Waals surface area contributed by atoms with Crippen LogP contribution < -0.4 is 4.72 Å². The minimum Gasteiger partial charge on any atom is -0.469 e. The summed E-state index contributed by atoms with van der Waals surface area (Å²) in [7, 11) is -1.36. The van der Waals surface area contributed by atoms with Crippen LogP contribution >= 0.6 is 0 Å². The van der Waals surface area contributed by atoms with Gasteiger partial charge >= 0.3 is 11.9 Å². The quantitative estimate of drug-likeness (QED) is 0.595. The van der Waals surface area contributed by atoms with E-state index < -0.39 is 34.4 Å². The molecule has 15 heavy (non-hydrogen) atoms. The van der Waals surface area contributed by atoms with Crippen molar-refractivity contribution in [3.63, 3.8) is 0 Å². The van der Waals surface area contributed by atoms with Crippen molar-refractivity contribution in [1.29, 1.82) is 0 Å². The second kappa shape index (κ2) is 5.66. The van der Waals surface area contributed by atoms with Gasteiger partial charge in [-0.25, -0.2) is 13.1 Å². The van der Waals surface area contributed by atoms with Crippen molar-refractivity contribution >= 4 is 22.0 Å². The van der Waals surface area contributed by atoms with E-state index in [-0.39, 0.29) is 0 Å². The predicted octanol–water partition coefficient (Wildman–Crippen LogP) is -1.36. The lowest BCUT2D eigenvalue weighted by atomic mass is 10.2. The average Bonchev–Trinajstić information content (AvgIpc) is 2.13. The molecular weight excluding hydrogens is 226 g/mol. The van der Waals surface area contributed by atoms with Gasteiger partial charge < -0.3 is 9.47 Å². The summed E-state index contributed by atoms with van der Waals surface area (Å²) < 4.78 is 32.3. The Kier molecular flexibility index (Phi) is 5.23. The Morgan fingerprint density at radius 1 is 1.27 bits per heavy atom. The zero-order chi connectivity index (χ0) is 12.1. The first kappa shape index (κ1) is 13.8. The van der Waals surface area contributed by atoms with Crippen LogP contribution in [0.4, 0.5) is 0 Å². The third kappa shape index (κ3) is 6.02. The van der Waals surface area contributed by atoms with E-state index in [9.17, 15) is 18.0 Å². The summed E-state index contributed by atoms with van der Waals surface area (Å²) in [5.74, 6) is -1.55. The highest BCUT2D eigenvalue weighted by molar-refractivity contribution is 7.88. The van der Waals surface area contributed by atoms with E-state index in [0.717, 1.165) is 20.5 Å². The van der Waals surface area contributed by atoms with Crippen LogP contribution in [0, 0.1) is 0 Å². The van der Waals surface area contributed by atoms with Crippen molar-refractivity contribution in [2.45, 2.75) is 12.5 Å². The van der Waals surface area contributed by atoms with Crippen LogP contribution in [0.25, 0.3) is 0 Å². The van der Waals surface area contributed by atoms with E-state index in [1.54, 1.807) is 0 Å². The zero-order valence-electron chi connectivity index (χ0n) is 8.64. The Bertz CT molecular complexity index is 335. The topological polar surface area (TPSA) is 98.8 Å². The molecule has 0 bridgehead atoms. The van der Waals surface area contributed by atoms with Crippen LogP contribution in [0.5, 0.6) is 0 Å². The number of hydrogen-bond donors (Lipinski definition) is 1. The van der Waals surface area contributed by atoms with Crippen molar-refractivity contribution in [3.05, 3.63) is 0 Å². The van der Waals surface area contributed by atoms with Crippen LogP contribution in [-0.2, 0) is 29.1 Å². The van der Waals surface area contributed by atoms with E-state index >= 15 is 0 Å². The maximum Gasteiger partial charge on any atom is 0.324 e. The summed E-state index contributed by atoms with van der Waals surface area (Å²) in [5.41, 5.74) is 0. The van der Waals surface area contributed by atoms with E-state index in [2.05, 4.69) is 9.47 Å². The number of nitrogens with one attached hydrogen (secondary N) is 1. The van der Waals surface area contributed by atoms with Gasteiger partial charge in [-0.15, -0.1) is 0 Å². The molecule has 0 aliphatic heterocycles. The van der Waals surface area contributed by atoms with Crippen molar-refractivity contribution in [2.24, 2.45) is 0 Å². The maximum absolute atomic E-state index is 11.1. The molecule has 1 N–H and O–H groups in total. The first-order valence-electron chi connectivity index (χ1n) is 3.92. The van der Waals surface area contributed by atoms with Gasteiger partial charge in [0.1, 0.15) is 6.04 Å². The Labute approximate surface area is 87.8 Å². The molecule has 0 amide bonds. The molecule has 0 aliphatic rings. The minimum absolute atomic E-state index is 0.407. The molecule has 0 radical (unpaired) electrons. The molecule has 0 aromatic carbocycles. The van der Waals surface area contributed by atoms with Crippen molar-refractivity contribution in [1.82, 2.24) is 4.72 Å². The molecule has 8 heteroatoms. The second-order valence-corrected chi connectivity index (χ2v) is 4.53. The predicted molar refractivity (Wildman–Crippen MR) is 50.4 cm³/mol. The summed E-state index contributed by atoms with van der Waals surface area (Å²) in [4.78, 5) is 21.9. The molecule has 7 nitrogen and oxygen atoms in total. The van der Waals surface area contributed by atoms with Gasteiger partial charge in [0.15, 0.2) is 0 Å². The molecular formula is C7H13NO6S. The fourth-order valence-electron chi connectivity index (χ4n) is 0.824. The summed E-state index contributed by atoms with van der Waals surface area (Å²) >= 11 is 0. The van der Waals surface area contributed by atoms with Gasteiger partial charge in [-0.05, 0) is 0 Å². The molecule has 0 spiro atoms. The first-order valence-corrected chi connectivity index (χ1v) is 5.81. The number of rotatable bonds is 5. The lowest BCUT2D eigenvalue weighted by molar-refractivity contribution is -0.149. The van der Waals surface area contributed by atoms with Gasteiger partial charge in [0.2, 0.25) is 10.0 Å². The Morgan fingerprint density at radius 2 is 1.80 bits per heavy atom. The Hall–Kier alpha value is -1.15. The molecule has 0 aliphatic carbocycles. The molecule has 0 saturated heterocycles. The normalized spacial score (nSPS) is 13.0. The molecule has 0 rings (SSSR count). The van der Waals surface area contributed by atoms with Gasteiger partial charge in [0.05, 0.1) is 26.9 Å². The van der Waals surface area contributed by atoms with Gasteiger partial charge in [0, 0.05) is 0 Å². The summed E-state index contributed by atoms with van der Waals surface area (Å²) in [5, 5.41) is 0. The van der Waals surface area contributed by atoms with Crippen molar-refractivity contribution in [3.8, 4) is 0 Å². The lowest BCUT2D eigenvalue weighted by Gasteiger charge is -2.13. The van der Waals surface area contributed by atoms with Gasteiger partial charge in [-0.1, -0.05) is 0 Å². The van der Waals surface area contributed by atoms with Gasteiger partial charge in [-0.3, -0.25) is 9.59 Å². The number of ether oxygens (including phenoxy) is 2. The molecule has 0 saturated carbocycles. The van der Waals surface area contributed by atoms with Crippen LogP contribution in [0.3, 0.4) is 0 Å². The van der Waals surface area contributed by atoms with E-state index in [4.69, 9.17) is 0 Å². The highest BCUT2D eigenvalue weighted by atomic mass is 32.2. The number of carbonyl (C=O) groups excluding carboxylic acids is 2. The largest absolute Gasteiger partial charge is 0.469 e. The maximum atomic E-state index is 11.1. The van der Waals surface area contributed by atoms with Crippen LogP contribution in [0.1, 0.15) is 6.42 Å². The second-order valence-electron chi connectivity index (χ2n) is 2.75. The number of methoxy groups -OCH3 is 2. The highest BCUT2D eigenvalue weighted by Gasteiger charge is 2.26. The third-order valence-corrected chi connectivity index (χ3v) is 2.15. The zero-order valence-corrected chi connectivity index (χ0v) is 9.46. The fraction of sp³-hybridized carbons (Fsp3) is 0.714. The third-order valence-electron chi connectivity index (χ3n) is 1.44. The molecule has 0 aromatic heterocycles. The molecule has 1 unspecified atom stereocenters. The Morgan fingerprint density at radius 3 is 2.13 bits per heavy atom. The first-order chi connectivity index (χ1) is 6.80. The number of carbonyl (C=O) groups is 2. The van der Waals surface area contributed by atoms with E-state index in [1.165, 1.54) is 0 Å². The lowest BCUT2D eigenvalue weighted by Crippen LogP contribution is -2.42. The van der Waals surface area contributed by atoms with Crippen LogP contribution in [-0.4, -0.2) is 46.9 Å². The van der Waals surface area contributed by atoms with Crippen LogP contribution in [0.15, 0.2) is 0 Å². The molecule has 0 aromatic rings. The molecule has 1 atom stereocenters. The highest BCUT2D eigenvalue weighted by Crippen LogP contribution is 1.99. The van der Waals surface area contributed by atoms with E-state index in [1.807, 2.05) is 4.72 Å². The molecule has 0 fully saturated rings. The molecule has 88 valence electrons. The SMILES string of the molecule is COC(=O)CC(NS(C)(=O)=O)C(=O)OC. The summed E-state index contributed by atoms with van der Waals surface area (Å²) in [6.07, 6.45) is 0.469. The minimum atomic E-state index is -3.59.